The normalized spacial score (nSPS) is 18.6. The summed E-state index contributed by atoms with van der Waals surface area (Å²) in [4.78, 5) is 18.8. The van der Waals surface area contributed by atoms with Crippen LogP contribution in [0.15, 0.2) is 29.6 Å². The van der Waals surface area contributed by atoms with Crippen LogP contribution in [0.25, 0.3) is 10.6 Å². The van der Waals surface area contributed by atoms with Gasteiger partial charge < -0.3 is 4.90 Å². The lowest BCUT2D eigenvalue weighted by Crippen LogP contribution is -2.33. The number of carbonyl (C=O) groups is 1. The van der Waals surface area contributed by atoms with Crippen LogP contribution in [0.1, 0.15) is 37.4 Å². The quantitative estimate of drug-likeness (QED) is 0.747. The molecule has 140 valence electrons. The zero-order chi connectivity index (χ0) is 18.7. The maximum absolute atomic E-state index is 12.6. The van der Waals surface area contributed by atoms with E-state index in [0.29, 0.717) is 22.2 Å². The second-order valence-electron chi connectivity index (χ2n) is 6.81. The van der Waals surface area contributed by atoms with Crippen LogP contribution in [-0.4, -0.2) is 28.9 Å². The molecular weight excluding hydrogens is 361 g/mol. The van der Waals surface area contributed by atoms with Gasteiger partial charge in [-0.1, -0.05) is 19.1 Å². The van der Waals surface area contributed by atoms with Gasteiger partial charge in [0.15, 0.2) is 0 Å². The fourth-order valence-electron chi connectivity index (χ4n) is 3.10. The molecule has 1 aromatic carbocycles. The van der Waals surface area contributed by atoms with E-state index in [2.05, 4.69) is 11.9 Å². The molecule has 2 heterocycles. The minimum absolute atomic E-state index is 0.0726. The van der Waals surface area contributed by atoms with Gasteiger partial charge in [0, 0.05) is 24.0 Å². The number of hydrogen-bond donors (Lipinski definition) is 0. The smallest absolute Gasteiger partial charge is 0.342 e. The van der Waals surface area contributed by atoms with Crippen molar-refractivity contribution in [1.82, 2.24) is 9.88 Å². The van der Waals surface area contributed by atoms with Crippen LogP contribution < -0.4 is 0 Å². The second-order valence-corrected chi connectivity index (χ2v) is 7.67. The van der Waals surface area contributed by atoms with Crippen molar-refractivity contribution in [2.24, 2.45) is 5.92 Å². The number of benzene rings is 1. The van der Waals surface area contributed by atoms with E-state index in [-0.39, 0.29) is 12.3 Å². The zero-order valence-corrected chi connectivity index (χ0v) is 15.4. The lowest BCUT2D eigenvalue weighted by molar-refractivity contribution is -0.137. The van der Waals surface area contributed by atoms with Gasteiger partial charge in [-0.2, -0.15) is 13.2 Å². The Morgan fingerprint density at radius 1 is 1.23 bits per heavy atom. The second kappa shape index (κ2) is 7.78. The summed E-state index contributed by atoms with van der Waals surface area (Å²) in [6.45, 7) is 3.79. The monoisotopic (exact) mass is 382 g/mol. The van der Waals surface area contributed by atoms with Crippen LogP contribution in [0.3, 0.4) is 0 Å². The maximum Gasteiger partial charge on any atom is 0.416 e. The lowest BCUT2D eigenvalue weighted by atomic mass is 10.0. The molecule has 2 aromatic rings. The third-order valence-electron chi connectivity index (χ3n) is 4.71. The highest BCUT2D eigenvalue weighted by atomic mass is 32.1. The van der Waals surface area contributed by atoms with Gasteiger partial charge in [-0.3, -0.25) is 4.79 Å². The first-order valence-electron chi connectivity index (χ1n) is 8.73. The number of thiazole rings is 1. The molecule has 1 aliphatic heterocycles. The largest absolute Gasteiger partial charge is 0.416 e. The fourth-order valence-corrected chi connectivity index (χ4v) is 3.93. The summed E-state index contributed by atoms with van der Waals surface area (Å²) in [5.74, 6) is 0.724. The van der Waals surface area contributed by atoms with Crippen molar-refractivity contribution in [3.8, 4) is 10.6 Å². The van der Waals surface area contributed by atoms with Crippen molar-refractivity contribution in [3.63, 3.8) is 0 Å². The Labute approximate surface area is 154 Å². The van der Waals surface area contributed by atoms with E-state index in [1.807, 2.05) is 10.3 Å². The van der Waals surface area contributed by atoms with Gasteiger partial charge in [-0.15, -0.1) is 11.3 Å². The van der Waals surface area contributed by atoms with Gasteiger partial charge in [0.25, 0.3) is 0 Å². The van der Waals surface area contributed by atoms with Crippen molar-refractivity contribution in [2.45, 2.75) is 38.8 Å². The number of carbonyl (C=O) groups excluding carboxylic acids is 1. The summed E-state index contributed by atoms with van der Waals surface area (Å²) < 4.78 is 37.9. The SMILES string of the molecule is C[C@H]1CCCN(C(=O)Cc2csc(-c3ccc(C(F)(F)F)cc3)n2)CC1. The summed E-state index contributed by atoms with van der Waals surface area (Å²) in [6.07, 6.45) is -0.895. The number of nitrogens with zero attached hydrogens (tertiary/aromatic N) is 2. The summed E-state index contributed by atoms with van der Waals surface area (Å²) >= 11 is 1.35. The molecule has 1 fully saturated rings. The summed E-state index contributed by atoms with van der Waals surface area (Å²) in [5.41, 5.74) is 0.626. The molecule has 1 amide bonds. The molecule has 1 aromatic heterocycles. The van der Waals surface area contributed by atoms with Crippen LogP contribution in [0.4, 0.5) is 13.2 Å². The van der Waals surface area contributed by atoms with E-state index in [4.69, 9.17) is 0 Å². The van der Waals surface area contributed by atoms with Crippen molar-refractivity contribution < 1.29 is 18.0 Å². The first-order valence-corrected chi connectivity index (χ1v) is 9.60. The molecule has 0 N–H and O–H groups in total. The van der Waals surface area contributed by atoms with Crippen molar-refractivity contribution in [2.75, 3.05) is 13.1 Å². The first kappa shape index (κ1) is 18.9. The van der Waals surface area contributed by atoms with Crippen LogP contribution in [0, 0.1) is 5.92 Å². The van der Waals surface area contributed by atoms with E-state index in [1.165, 1.54) is 23.5 Å². The molecule has 26 heavy (non-hydrogen) atoms. The minimum Gasteiger partial charge on any atom is -0.342 e. The number of rotatable bonds is 3. The summed E-state index contributed by atoms with van der Waals surface area (Å²) in [5, 5.41) is 2.44. The average Bonchev–Trinajstić information content (AvgIpc) is 2.94. The summed E-state index contributed by atoms with van der Waals surface area (Å²) in [7, 11) is 0. The molecule has 3 nitrogen and oxygen atoms in total. The molecule has 3 rings (SSSR count). The average molecular weight is 382 g/mol. The van der Waals surface area contributed by atoms with E-state index in [0.717, 1.165) is 44.5 Å². The van der Waals surface area contributed by atoms with Crippen LogP contribution in [0.5, 0.6) is 0 Å². The number of likely N-dealkylation sites (tertiary alicyclic amines) is 1. The van der Waals surface area contributed by atoms with E-state index >= 15 is 0 Å². The number of hydrogen-bond acceptors (Lipinski definition) is 3. The molecular formula is C19H21F3N2OS. The van der Waals surface area contributed by atoms with E-state index < -0.39 is 11.7 Å². The minimum atomic E-state index is -4.34. The lowest BCUT2D eigenvalue weighted by Gasteiger charge is -2.19. The maximum atomic E-state index is 12.6. The van der Waals surface area contributed by atoms with Gasteiger partial charge in [0.1, 0.15) is 5.01 Å². The molecule has 1 atom stereocenters. The van der Waals surface area contributed by atoms with Gasteiger partial charge in [-0.05, 0) is 37.3 Å². The summed E-state index contributed by atoms with van der Waals surface area (Å²) in [6, 6.07) is 4.95. The van der Waals surface area contributed by atoms with Gasteiger partial charge in [0.05, 0.1) is 17.7 Å². The Bertz CT molecular complexity index is 755. The molecule has 0 spiro atoms. The zero-order valence-electron chi connectivity index (χ0n) is 14.6. The highest BCUT2D eigenvalue weighted by Gasteiger charge is 2.30. The number of amides is 1. The van der Waals surface area contributed by atoms with E-state index in [9.17, 15) is 18.0 Å². The fraction of sp³-hybridized carbons (Fsp3) is 0.474. The van der Waals surface area contributed by atoms with Gasteiger partial charge in [0.2, 0.25) is 5.91 Å². The first-order chi connectivity index (χ1) is 12.3. The number of aromatic nitrogens is 1. The predicted molar refractivity (Wildman–Crippen MR) is 95.9 cm³/mol. The third kappa shape index (κ3) is 4.63. The molecule has 0 saturated carbocycles. The molecule has 1 saturated heterocycles. The van der Waals surface area contributed by atoms with Crippen molar-refractivity contribution in [3.05, 3.63) is 40.9 Å². The Kier molecular flexibility index (Phi) is 5.65. The van der Waals surface area contributed by atoms with Gasteiger partial charge >= 0.3 is 6.18 Å². The molecule has 0 bridgehead atoms. The molecule has 0 aliphatic carbocycles. The van der Waals surface area contributed by atoms with Crippen LogP contribution in [-0.2, 0) is 17.4 Å². The Morgan fingerprint density at radius 3 is 2.65 bits per heavy atom. The highest BCUT2D eigenvalue weighted by molar-refractivity contribution is 7.13. The predicted octanol–water partition coefficient (Wildman–Crippen LogP) is 5.02. The van der Waals surface area contributed by atoms with Crippen molar-refractivity contribution in [1.29, 1.82) is 0 Å². The molecule has 7 heteroatoms. The molecule has 0 radical (unpaired) electrons. The van der Waals surface area contributed by atoms with Crippen LogP contribution >= 0.6 is 11.3 Å². The van der Waals surface area contributed by atoms with Crippen molar-refractivity contribution >= 4 is 17.2 Å². The standard InChI is InChI=1S/C19H21F3N2OS/c1-13-3-2-9-24(10-8-13)17(25)11-16-12-26-18(23-16)14-4-6-15(7-5-14)19(20,21)22/h4-7,12-13H,2-3,8-11H2,1H3/t13-/m0/s1. The topological polar surface area (TPSA) is 33.2 Å². The van der Waals surface area contributed by atoms with E-state index in [1.54, 1.807) is 0 Å². The Balaban J connectivity index is 1.65. The highest BCUT2D eigenvalue weighted by Crippen LogP contribution is 2.31. The molecule has 0 unspecified atom stereocenters. The Morgan fingerprint density at radius 2 is 1.96 bits per heavy atom. The number of alkyl halides is 3. The van der Waals surface area contributed by atoms with Crippen LogP contribution in [0.2, 0.25) is 0 Å². The number of halogens is 3. The Hall–Kier alpha value is -1.89. The molecule has 1 aliphatic rings. The third-order valence-corrected chi connectivity index (χ3v) is 5.65. The van der Waals surface area contributed by atoms with Gasteiger partial charge in [-0.25, -0.2) is 4.98 Å².